The van der Waals surface area contributed by atoms with Crippen LogP contribution in [0.15, 0.2) is 0 Å². The Bertz CT molecular complexity index is 97.8. The molecule has 0 aromatic rings. The summed E-state index contributed by atoms with van der Waals surface area (Å²) in [5.74, 6) is 4.42. The highest BCUT2D eigenvalue weighted by molar-refractivity contribution is 7.80. The van der Waals surface area contributed by atoms with Gasteiger partial charge in [-0.25, -0.2) is 0 Å². The average Bonchev–Trinajstić information content (AvgIpc) is 1.99. The Morgan fingerprint density at radius 1 is 1.60 bits per heavy atom. The molecule has 0 amide bonds. The summed E-state index contributed by atoms with van der Waals surface area (Å²) in [5.41, 5.74) is 0. The van der Waals surface area contributed by atoms with Gasteiger partial charge in [-0.1, -0.05) is 13.3 Å². The lowest BCUT2D eigenvalue weighted by Gasteiger charge is -2.08. The fourth-order valence-electron chi connectivity index (χ4n) is 0.917. The largest absolute Gasteiger partial charge is 0.179 e. The average molecular weight is 156 g/mol. The van der Waals surface area contributed by atoms with Gasteiger partial charge in [0, 0.05) is 6.42 Å². The molecule has 0 bridgehead atoms. The summed E-state index contributed by atoms with van der Waals surface area (Å²) in [6.07, 6.45) is 9.68. The SMILES string of the molecule is C#CCCCC(CC)CS. The molecule has 0 fully saturated rings. The molecule has 0 saturated carbocycles. The van der Waals surface area contributed by atoms with Crippen molar-refractivity contribution >= 4 is 12.6 Å². The molecule has 0 saturated heterocycles. The first-order chi connectivity index (χ1) is 4.85. The molecule has 58 valence electrons. The third kappa shape index (κ3) is 4.76. The van der Waals surface area contributed by atoms with E-state index in [1.807, 2.05) is 0 Å². The van der Waals surface area contributed by atoms with E-state index in [-0.39, 0.29) is 0 Å². The lowest BCUT2D eigenvalue weighted by molar-refractivity contribution is 0.509. The van der Waals surface area contributed by atoms with Gasteiger partial charge in [0.25, 0.3) is 0 Å². The van der Waals surface area contributed by atoms with E-state index in [4.69, 9.17) is 6.42 Å². The van der Waals surface area contributed by atoms with Crippen molar-refractivity contribution in [2.45, 2.75) is 32.6 Å². The molecule has 0 rings (SSSR count). The Morgan fingerprint density at radius 3 is 2.70 bits per heavy atom. The Labute approximate surface area is 69.8 Å². The minimum absolute atomic E-state index is 0.775. The van der Waals surface area contributed by atoms with Crippen LogP contribution in [0.4, 0.5) is 0 Å². The molecule has 1 unspecified atom stereocenters. The van der Waals surface area contributed by atoms with Crippen molar-refractivity contribution in [2.24, 2.45) is 5.92 Å². The Morgan fingerprint density at radius 2 is 2.30 bits per heavy atom. The first kappa shape index (κ1) is 9.91. The van der Waals surface area contributed by atoms with Crippen molar-refractivity contribution in [1.29, 1.82) is 0 Å². The van der Waals surface area contributed by atoms with Crippen molar-refractivity contribution in [2.75, 3.05) is 5.75 Å². The van der Waals surface area contributed by atoms with Gasteiger partial charge in [0.1, 0.15) is 0 Å². The van der Waals surface area contributed by atoms with Crippen LogP contribution in [0.25, 0.3) is 0 Å². The maximum Gasteiger partial charge on any atom is 0.00861 e. The predicted octanol–water partition coefficient (Wildman–Crippen LogP) is 2.75. The molecular weight excluding hydrogens is 140 g/mol. The monoisotopic (exact) mass is 156 g/mol. The molecule has 0 spiro atoms. The number of terminal acetylenes is 1. The van der Waals surface area contributed by atoms with E-state index in [0.717, 1.165) is 24.5 Å². The number of unbranched alkanes of at least 4 members (excludes halogenated alkanes) is 1. The minimum Gasteiger partial charge on any atom is -0.179 e. The zero-order valence-electron chi connectivity index (χ0n) is 6.64. The molecule has 0 N–H and O–H groups in total. The maximum atomic E-state index is 5.13. The molecule has 0 aromatic carbocycles. The minimum atomic E-state index is 0.775. The van der Waals surface area contributed by atoms with Crippen molar-refractivity contribution in [3.63, 3.8) is 0 Å². The first-order valence-corrected chi connectivity index (χ1v) is 4.52. The van der Waals surface area contributed by atoms with E-state index in [1.165, 1.54) is 12.8 Å². The Hall–Kier alpha value is -0.0900. The maximum absolute atomic E-state index is 5.13. The van der Waals surface area contributed by atoms with E-state index >= 15 is 0 Å². The molecule has 0 nitrogen and oxygen atoms in total. The van der Waals surface area contributed by atoms with Gasteiger partial charge in [-0.2, -0.15) is 12.6 Å². The van der Waals surface area contributed by atoms with Crippen LogP contribution in [0, 0.1) is 18.3 Å². The fourth-order valence-corrected chi connectivity index (χ4v) is 1.36. The van der Waals surface area contributed by atoms with E-state index in [0.29, 0.717) is 0 Å². The quantitative estimate of drug-likeness (QED) is 0.353. The molecule has 0 heterocycles. The summed E-state index contributed by atoms with van der Waals surface area (Å²) < 4.78 is 0. The van der Waals surface area contributed by atoms with E-state index in [9.17, 15) is 0 Å². The molecule has 0 aliphatic carbocycles. The highest BCUT2D eigenvalue weighted by atomic mass is 32.1. The normalized spacial score (nSPS) is 12.5. The van der Waals surface area contributed by atoms with Crippen LogP contribution >= 0.6 is 12.6 Å². The summed E-state index contributed by atoms with van der Waals surface area (Å²) in [7, 11) is 0. The fraction of sp³-hybridized carbons (Fsp3) is 0.778. The van der Waals surface area contributed by atoms with E-state index in [1.54, 1.807) is 0 Å². The molecule has 0 aliphatic rings. The van der Waals surface area contributed by atoms with Gasteiger partial charge in [0.2, 0.25) is 0 Å². The second kappa shape index (κ2) is 7.02. The van der Waals surface area contributed by atoms with Crippen LogP contribution in [0.5, 0.6) is 0 Å². The van der Waals surface area contributed by atoms with Crippen molar-refractivity contribution in [1.82, 2.24) is 0 Å². The van der Waals surface area contributed by atoms with E-state index < -0.39 is 0 Å². The van der Waals surface area contributed by atoms with E-state index in [2.05, 4.69) is 25.5 Å². The van der Waals surface area contributed by atoms with Crippen molar-refractivity contribution in [3.05, 3.63) is 0 Å². The number of hydrogen-bond acceptors (Lipinski definition) is 1. The molecule has 1 heteroatoms. The van der Waals surface area contributed by atoms with Crippen LogP contribution in [-0.2, 0) is 0 Å². The lowest BCUT2D eigenvalue weighted by Crippen LogP contribution is -1.99. The van der Waals surface area contributed by atoms with Crippen molar-refractivity contribution in [3.8, 4) is 12.3 Å². The van der Waals surface area contributed by atoms with Gasteiger partial charge < -0.3 is 0 Å². The highest BCUT2D eigenvalue weighted by Gasteiger charge is 2.01. The molecule has 0 aromatic heterocycles. The first-order valence-electron chi connectivity index (χ1n) is 3.89. The third-order valence-electron chi connectivity index (χ3n) is 1.77. The topological polar surface area (TPSA) is 0 Å². The molecule has 0 aliphatic heterocycles. The molecule has 0 radical (unpaired) electrons. The standard InChI is InChI=1S/C9H16S/c1-3-5-6-7-9(4-2)8-10/h1,9-10H,4-8H2,2H3. The summed E-state index contributed by atoms with van der Waals surface area (Å²) >= 11 is 4.25. The number of rotatable bonds is 5. The smallest absolute Gasteiger partial charge is 0.00861 e. The zero-order chi connectivity index (χ0) is 7.82. The highest BCUT2D eigenvalue weighted by Crippen LogP contribution is 2.12. The van der Waals surface area contributed by atoms with Crippen LogP contribution in [0.3, 0.4) is 0 Å². The van der Waals surface area contributed by atoms with Crippen LogP contribution < -0.4 is 0 Å². The zero-order valence-corrected chi connectivity index (χ0v) is 7.53. The van der Waals surface area contributed by atoms with Gasteiger partial charge >= 0.3 is 0 Å². The van der Waals surface area contributed by atoms with Crippen LogP contribution in [-0.4, -0.2) is 5.75 Å². The Kier molecular flexibility index (Phi) is 6.96. The van der Waals surface area contributed by atoms with Crippen LogP contribution in [0.1, 0.15) is 32.6 Å². The predicted molar refractivity (Wildman–Crippen MR) is 50.3 cm³/mol. The molecular formula is C9H16S. The second-order valence-corrected chi connectivity index (χ2v) is 2.92. The van der Waals surface area contributed by atoms with Gasteiger partial charge in [0.15, 0.2) is 0 Å². The molecule has 10 heavy (non-hydrogen) atoms. The van der Waals surface area contributed by atoms with Gasteiger partial charge in [-0.3, -0.25) is 0 Å². The lowest BCUT2D eigenvalue weighted by atomic mass is 10.0. The third-order valence-corrected chi connectivity index (χ3v) is 2.29. The summed E-state index contributed by atoms with van der Waals surface area (Å²) in [5, 5.41) is 0. The molecule has 1 atom stereocenters. The number of hydrogen-bond donors (Lipinski definition) is 1. The summed E-state index contributed by atoms with van der Waals surface area (Å²) in [4.78, 5) is 0. The van der Waals surface area contributed by atoms with Gasteiger partial charge in [0.05, 0.1) is 0 Å². The summed E-state index contributed by atoms with van der Waals surface area (Å²) in [6, 6.07) is 0. The second-order valence-electron chi connectivity index (χ2n) is 2.55. The number of thiol groups is 1. The summed E-state index contributed by atoms with van der Waals surface area (Å²) in [6.45, 7) is 2.21. The Balaban J connectivity index is 3.19. The van der Waals surface area contributed by atoms with Crippen LogP contribution in [0.2, 0.25) is 0 Å². The van der Waals surface area contributed by atoms with Crippen molar-refractivity contribution < 1.29 is 0 Å². The van der Waals surface area contributed by atoms with Gasteiger partial charge in [-0.15, -0.1) is 12.3 Å². The van der Waals surface area contributed by atoms with Gasteiger partial charge in [-0.05, 0) is 24.5 Å².